The lowest BCUT2D eigenvalue weighted by molar-refractivity contribution is 0.0730. The molecule has 112 valence electrons. The smallest absolute Gasteiger partial charge is 0.243 e. The van der Waals surface area contributed by atoms with E-state index < -0.39 is 10.0 Å². The van der Waals surface area contributed by atoms with Crippen molar-refractivity contribution in [2.24, 2.45) is 0 Å². The highest BCUT2D eigenvalue weighted by atomic mass is 32.2. The van der Waals surface area contributed by atoms with Gasteiger partial charge in [0.25, 0.3) is 0 Å². The lowest BCUT2D eigenvalue weighted by atomic mass is 10.2. The summed E-state index contributed by atoms with van der Waals surface area (Å²) in [5.41, 5.74) is 11.8. The SMILES string of the molecule is Nc1nc(N)c2cc(S(=O)(=O)N3CCOCC3)ccc2n1. The predicted molar refractivity (Wildman–Crippen MR) is 77.9 cm³/mol. The van der Waals surface area contributed by atoms with Crippen LogP contribution in [0.1, 0.15) is 0 Å². The minimum absolute atomic E-state index is 0.0591. The average Bonchev–Trinajstić information content (AvgIpc) is 2.47. The molecular weight excluding hydrogens is 294 g/mol. The summed E-state index contributed by atoms with van der Waals surface area (Å²) in [4.78, 5) is 8.05. The van der Waals surface area contributed by atoms with Crippen molar-refractivity contribution in [3.05, 3.63) is 18.2 Å². The van der Waals surface area contributed by atoms with Crippen LogP contribution in [0.3, 0.4) is 0 Å². The molecule has 0 bridgehead atoms. The van der Waals surface area contributed by atoms with Crippen molar-refractivity contribution in [3.63, 3.8) is 0 Å². The van der Waals surface area contributed by atoms with E-state index in [1.54, 1.807) is 6.07 Å². The maximum Gasteiger partial charge on any atom is 0.243 e. The first kappa shape index (κ1) is 14.0. The van der Waals surface area contributed by atoms with Crippen molar-refractivity contribution in [1.29, 1.82) is 0 Å². The number of nitrogen functional groups attached to an aromatic ring is 2. The third-order valence-electron chi connectivity index (χ3n) is 3.32. The van der Waals surface area contributed by atoms with E-state index in [2.05, 4.69) is 9.97 Å². The summed E-state index contributed by atoms with van der Waals surface area (Å²) in [5.74, 6) is 0.223. The number of hydrogen-bond donors (Lipinski definition) is 2. The van der Waals surface area contributed by atoms with Gasteiger partial charge in [0, 0.05) is 18.5 Å². The molecule has 0 saturated carbocycles. The van der Waals surface area contributed by atoms with Crippen LogP contribution in [0.5, 0.6) is 0 Å². The monoisotopic (exact) mass is 309 g/mol. The Balaban J connectivity index is 2.08. The fraction of sp³-hybridized carbons (Fsp3) is 0.333. The summed E-state index contributed by atoms with van der Waals surface area (Å²) in [7, 11) is -3.57. The highest BCUT2D eigenvalue weighted by molar-refractivity contribution is 7.89. The summed E-state index contributed by atoms with van der Waals surface area (Å²) < 4.78 is 31.7. The van der Waals surface area contributed by atoms with E-state index in [9.17, 15) is 8.42 Å². The molecule has 8 nitrogen and oxygen atoms in total. The molecule has 2 aromatic rings. The van der Waals surface area contributed by atoms with E-state index in [1.807, 2.05) is 0 Å². The Bertz CT molecular complexity index is 787. The Morgan fingerprint density at radius 2 is 1.86 bits per heavy atom. The predicted octanol–water partition coefficient (Wildman–Crippen LogP) is -0.185. The van der Waals surface area contributed by atoms with Gasteiger partial charge in [-0.2, -0.15) is 9.29 Å². The standard InChI is InChI=1S/C12H15N5O3S/c13-11-9-7-8(1-2-10(9)15-12(14)16-11)21(18,19)17-3-5-20-6-4-17/h1-2,7H,3-6H2,(H4,13,14,15,16). The first-order valence-electron chi connectivity index (χ1n) is 6.39. The second-order valence-electron chi connectivity index (χ2n) is 4.66. The summed E-state index contributed by atoms with van der Waals surface area (Å²) in [6.07, 6.45) is 0. The molecule has 1 aromatic heterocycles. The van der Waals surface area contributed by atoms with E-state index in [0.29, 0.717) is 37.2 Å². The second-order valence-corrected chi connectivity index (χ2v) is 6.60. The van der Waals surface area contributed by atoms with Crippen LogP contribution in [0.4, 0.5) is 11.8 Å². The third-order valence-corrected chi connectivity index (χ3v) is 5.22. The molecule has 4 N–H and O–H groups in total. The van der Waals surface area contributed by atoms with Crippen LogP contribution in [0.15, 0.2) is 23.1 Å². The number of ether oxygens (including phenoxy) is 1. The Morgan fingerprint density at radius 1 is 1.14 bits per heavy atom. The third kappa shape index (κ3) is 2.50. The highest BCUT2D eigenvalue weighted by Gasteiger charge is 2.26. The Morgan fingerprint density at radius 3 is 2.57 bits per heavy atom. The molecule has 0 radical (unpaired) electrons. The fourth-order valence-corrected chi connectivity index (χ4v) is 3.68. The van der Waals surface area contributed by atoms with Crippen LogP contribution < -0.4 is 11.5 Å². The molecule has 3 rings (SSSR count). The largest absolute Gasteiger partial charge is 0.383 e. The van der Waals surface area contributed by atoms with Crippen LogP contribution in [-0.4, -0.2) is 49.0 Å². The quantitative estimate of drug-likeness (QED) is 0.788. The molecule has 1 fully saturated rings. The zero-order valence-corrected chi connectivity index (χ0v) is 12.0. The summed E-state index contributed by atoms with van der Waals surface area (Å²) in [5, 5.41) is 0.471. The van der Waals surface area contributed by atoms with Gasteiger partial charge < -0.3 is 16.2 Å². The molecule has 0 aliphatic carbocycles. The maximum atomic E-state index is 12.6. The minimum atomic E-state index is -3.57. The van der Waals surface area contributed by atoms with Crippen molar-refractivity contribution in [2.45, 2.75) is 4.90 Å². The van der Waals surface area contributed by atoms with Gasteiger partial charge >= 0.3 is 0 Å². The first-order chi connectivity index (χ1) is 9.98. The highest BCUT2D eigenvalue weighted by Crippen LogP contribution is 2.24. The second kappa shape index (κ2) is 5.10. The Hall–Kier alpha value is -1.97. The fourth-order valence-electron chi connectivity index (χ4n) is 2.25. The van der Waals surface area contributed by atoms with Gasteiger partial charge in [0.1, 0.15) is 5.82 Å². The molecule has 2 heterocycles. The summed E-state index contributed by atoms with van der Waals surface area (Å²) in [6, 6.07) is 4.56. The lowest BCUT2D eigenvalue weighted by Crippen LogP contribution is -2.40. The zero-order valence-electron chi connectivity index (χ0n) is 11.2. The molecule has 1 aromatic carbocycles. The van der Waals surface area contributed by atoms with Crippen molar-refractivity contribution in [3.8, 4) is 0 Å². The number of aromatic nitrogens is 2. The van der Waals surface area contributed by atoms with Crippen LogP contribution >= 0.6 is 0 Å². The van der Waals surface area contributed by atoms with Crippen LogP contribution in [0, 0.1) is 0 Å². The molecule has 0 atom stereocenters. The Labute approximate surface area is 121 Å². The van der Waals surface area contributed by atoms with Gasteiger partial charge in [-0.1, -0.05) is 0 Å². The van der Waals surface area contributed by atoms with Gasteiger partial charge in [-0.3, -0.25) is 0 Å². The molecule has 1 saturated heterocycles. The number of nitrogens with two attached hydrogens (primary N) is 2. The maximum absolute atomic E-state index is 12.6. The average molecular weight is 309 g/mol. The van der Waals surface area contributed by atoms with Crippen molar-refractivity contribution in [1.82, 2.24) is 14.3 Å². The summed E-state index contributed by atoms with van der Waals surface area (Å²) >= 11 is 0. The Kier molecular flexibility index (Phi) is 3.40. The van der Waals surface area contributed by atoms with E-state index >= 15 is 0 Å². The molecule has 1 aliphatic heterocycles. The number of hydrogen-bond acceptors (Lipinski definition) is 7. The zero-order chi connectivity index (χ0) is 15.0. The number of anilines is 2. The number of benzene rings is 1. The van der Waals surface area contributed by atoms with Crippen molar-refractivity contribution >= 4 is 32.7 Å². The molecule has 0 amide bonds. The molecule has 0 unspecified atom stereocenters. The molecule has 21 heavy (non-hydrogen) atoms. The minimum Gasteiger partial charge on any atom is -0.383 e. The van der Waals surface area contributed by atoms with Gasteiger partial charge in [0.05, 0.1) is 23.6 Å². The number of sulfonamides is 1. The summed E-state index contributed by atoms with van der Waals surface area (Å²) in [6.45, 7) is 1.48. The van der Waals surface area contributed by atoms with Crippen molar-refractivity contribution < 1.29 is 13.2 Å². The van der Waals surface area contributed by atoms with Crippen molar-refractivity contribution in [2.75, 3.05) is 37.8 Å². The molecule has 0 spiro atoms. The van der Waals surface area contributed by atoms with Gasteiger partial charge in [0.2, 0.25) is 16.0 Å². The van der Waals surface area contributed by atoms with Gasteiger partial charge in [-0.15, -0.1) is 0 Å². The number of morpholine rings is 1. The van der Waals surface area contributed by atoms with Gasteiger partial charge in [-0.05, 0) is 18.2 Å². The number of rotatable bonds is 2. The number of fused-ring (bicyclic) bond motifs is 1. The van der Waals surface area contributed by atoms with E-state index in [4.69, 9.17) is 16.2 Å². The van der Waals surface area contributed by atoms with Crippen LogP contribution in [-0.2, 0) is 14.8 Å². The van der Waals surface area contributed by atoms with E-state index in [0.717, 1.165) is 0 Å². The lowest BCUT2D eigenvalue weighted by Gasteiger charge is -2.26. The molecular formula is C12H15N5O3S. The normalized spacial score (nSPS) is 17.1. The van der Waals surface area contributed by atoms with E-state index in [1.165, 1.54) is 16.4 Å². The van der Waals surface area contributed by atoms with E-state index in [-0.39, 0.29) is 16.7 Å². The van der Waals surface area contributed by atoms with Crippen LogP contribution in [0.2, 0.25) is 0 Å². The first-order valence-corrected chi connectivity index (χ1v) is 7.83. The van der Waals surface area contributed by atoms with Gasteiger partial charge in [-0.25, -0.2) is 13.4 Å². The van der Waals surface area contributed by atoms with Crippen LogP contribution in [0.25, 0.3) is 10.9 Å². The topological polar surface area (TPSA) is 124 Å². The molecule has 1 aliphatic rings. The van der Waals surface area contributed by atoms with Gasteiger partial charge in [0.15, 0.2) is 0 Å². The molecule has 9 heteroatoms. The number of nitrogens with zero attached hydrogens (tertiary/aromatic N) is 3.